The summed E-state index contributed by atoms with van der Waals surface area (Å²) in [4.78, 5) is 34.3. The van der Waals surface area contributed by atoms with Crippen LogP contribution in [-0.4, -0.2) is 29.6 Å². The number of benzene rings is 3. The lowest BCUT2D eigenvalue weighted by atomic mass is 10.2. The molecular formula is C23H20N4O5. The van der Waals surface area contributed by atoms with Gasteiger partial charge in [0, 0.05) is 17.8 Å². The van der Waals surface area contributed by atoms with E-state index < -0.39 is 10.9 Å². The topological polar surface area (TPSA) is 123 Å². The van der Waals surface area contributed by atoms with Gasteiger partial charge in [0.2, 0.25) is 0 Å². The van der Waals surface area contributed by atoms with Crippen LogP contribution in [-0.2, 0) is 4.79 Å². The predicted octanol–water partition coefficient (Wildman–Crippen LogP) is 3.68. The molecule has 0 unspecified atom stereocenters. The number of hydrazone groups is 1. The van der Waals surface area contributed by atoms with Gasteiger partial charge in [-0.2, -0.15) is 5.10 Å². The van der Waals surface area contributed by atoms with E-state index in [9.17, 15) is 19.7 Å². The number of nitro groups is 1. The SMILES string of the molecule is Cc1ccccc1NCC(=O)N/N=C/c1cccc(OC(=O)c2ccc([N+](=O)[O-])cc2)c1. The molecule has 0 radical (unpaired) electrons. The van der Waals surface area contributed by atoms with Gasteiger partial charge in [-0.1, -0.05) is 30.3 Å². The lowest BCUT2D eigenvalue weighted by Gasteiger charge is -2.08. The molecule has 0 aliphatic heterocycles. The van der Waals surface area contributed by atoms with E-state index in [1.165, 1.54) is 30.5 Å². The molecule has 0 saturated heterocycles. The normalized spacial score (nSPS) is 10.5. The molecule has 3 rings (SSSR count). The largest absolute Gasteiger partial charge is 0.423 e. The van der Waals surface area contributed by atoms with Crippen molar-refractivity contribution in [2.75, 3.05) is 11.9 Å². The molecule has 0 fully saturated rings. The number of nitro benzene ring substituents is 1. The number of rotatable bonds is 8. The predicted molar refractivity (Wildman–Crippen MR) is 120 cm³/mol. The van der Waals surface area contributed by atoms with Crippen LogP contribution in [0.4, 0.5) is 11.4 Å². The number of carbonyl (C=O) groups is 2. The molecule has 1 amide bonds. The molecule has 9 nitrogen and oxygen atoms in total. The Bertz CT molecular complexity index is 1160. The van der Waals surface area contributed by atoms with Gasteiger partial charge in [0.15, 0.2) is 0 Å². The van der Waals surface area contributed by atoms with Gasteiger partial charge < -0.3 is 10.1 Å². The van der Waals surface area contributed by atoms with Crippen LogP contribution in [0.3, 0.4) is 0 Å². The Balaban J connectivity index is 1.53. The fraction of sp³-hybridized carbons (Fsp3) is 0.0870. The molecule has 0 aliphatic carbocycles. The smallest absolute Gasteiger partial charge is 0.343 e. The Hall–Kier alpha value is -4.53. The number of non-ortho nitro benzene ring substituents is 1. The zero-order chi connectivity index (χ0) is 22.9. The molecule has 0 bridgehead atoms. The van der Waals surface area contributed by atoms with Gasteiger partial charge >= 0.3 is 5.97 Å². The number of esters is 1. The first-order valence-corrected chi connectivity index (χ1v) is 9.60. The summed E-state index contributed by atoms with van der Waals surface area (Å²) in [6.45, 7) is 2.01. The highest BCUT2D eigenvalue weighted by Gasteiger charge is 2.11. The second-order valence-electron chi connectivity index (χ2n) is 6.73. The number of ether oxygens (including phenoxy) is 1. The summed E-state index contributed by atoms with van der Waals surface area (Å²) in [5.74, 6) is -0.695. The maximum absolute atomic E-state index is 12.2. The van der Waals surface area contributed by atoms with Gasteiger partial charge in [-0.05, 0) is 48.4 Å². The molecule has 162 valence electrons. The van der Waals surface area contributed by atoms with Gasteiger partial charge in [0.05, 0.1) is 23.2 Å². The Labute approximate surface area is 183 Å². The van der Waals surface area contributed by atoms with E-state index in [4.69, 9.17) is 4.74 Å². The van der Waals surface area contributed by atoms with Gasteiger partial charge in [0.1, 0.15) is 5.75 Å². The fourth-order valence-corrected chi connectivity index (χ4v) is 2.71. The van der Waals surface area contributed by atoms with E-state index in [2.05, 4.69) is 15.8 Å². The maximum Gasteiger partial charge on any atom is 0.343 e. The number of nitrogens with one attached hydrogen (secondary N) is 2. The molecule has 0 spiro atoms. The van der Waals surface area contributed by atoms with Crippen molar-refractivity contribution in [1.82, 2.24) is 5.43 Å². The van der Waals surface area contributed by atoms with Crippen LogP contribution < -0.4 is 15.5 Å². The average molecular weight is 432 g/mol. The third-order valence-corrected chi connectivity index (χ3v) is 4.37. The Kier molecular flexibility index (Phi) is 7.26. The van der Waals surface area contributed by atoms with E-state index in [1.807, 2.05) is 31.2 Å². The highest BCUT2D eigenvalue weighted by atomic mass is 16.6. The molecule has 0 aromatic heterocycles. The zero-order valence-electron chi connectivity index (χ0n) is 17.1. The van der Waals surface area contributed by atoms with E-state index >= 15 is 0 Å². The minimum Gasteiger partial charge on any atom is -0.423 e. The monoisotopic (exact) mass is 432 g/mol. The van der Waals surface area contributed by atoms with Crippen molar-refractivity contribution < 1.29 is 19.2 Å². The van der Waals surface area contributed by atoms with Crippen molar-refractivity contribution in [3.8, 4) is 5.75 Å². The lowest BCUT2D eigenvalue weighted by Crippen LogP contribution is -2.26. The van der Waals surface area contributed by atoms with E-state index in [0.29, 0.717) is 5.56 Å². The molecule has 0 saturated carbocycles. The summed E-state index contributed by atoms with van der Waals surface area (Å²) in [6.07, 6.45) is 1.43. The van der Waals surface area contributed by atoms with E-state index in [0.717, 1.165) is 11.3 Å². The molecule has 32 heavy (non-hydrogen) atoms. The molecule has 3 aromatic rings. The van der Waals surface area contributed by atoms with Crippen LogP contribution in [0.5, 0.6) is 5.75 Å². The molecule has 0 atom stereocenters. The molecule has 2 N–H and O–H groups in total. The van der Waals surface area contributed by atoms with Crippen LogP contribution in [0.15, 0.2) is 77.9 Å². The Morgan fingerprint density at radius 1 is 1.06 bits per heavy atom. The minimum absolute atomic E-state index is 0.0646. The first kappa shape index (κ1) is 22.2. The van der Waals surface area contributed by atoms with E-state index in [-0.39, 0.29) is 29.5 Å². The van der Waals surface area contributed by atoms with Crippen LogP contribution in [0.2, 0.25) is 0 Å². The summed E-state index contributed by atoms with van der Waals surface area (Å²) in [5, 5.41) is 17.6. The lowest BCUT2D eigenvalue weighted by molar-refractivity contribution is -0.384. The minimum atomic E-state index is -0.649. The highest BCUT2D eigenvalue weighted by molar-refractivity contribution is 5.91. The van der Waals surface area contributed by atoms with Gasteiger partial charge in [-0.3, -0.25) is 14.9 Å². The molecular weight excluding hydrogens is 412 g/mol. The van der Waals surface area contributed by atoms with Gasteiger partial charge in [-0.15, -0.1) is 0 Å². The summed E-state index contributed by atoms with van der Waals surface area (Å²) in [5.41, 5.74) is 5.00. The van der Waals surface area contributed by atoms with Crippen LogP contribution in [0, 0.1) is 17.0 Å². The number of aryl methyl sites for hydroxylation is 1. The maximum atomic E-state index is 12.2. The van der Waals surface area contributed by atoms with Crippen LogP contribution in [0.1, 0.15) is 21.5 Å². The highest BCUT2D eigenvalue weighted by Crippen LogP contribution is 2.17. The van der Waals surface area contributed by atoms with Crippen molar-refractivity contribution in [3.05, 3.63) is 99.6 Å². The average Bonchev–Trinajstić information content (AvgIpc) is 2.79. The van der Waals surface area contributed by atoms with Crippen molar-refractivity contribution in [2.24, 2.45) is 5.10 Å². The Morgan fingerprint density at radius 2 is 1.81 bits per heavy atom. The molecule has 3 aromatic carbocycles. The van der Waals surface area contributed by atoms with Crippen molar-refractivity contribution >= 4 is 29.5 Å². The van der Waals surface area contributed by atoms with Crippen LogP contribution >= 0.6 is 0 Å². The first-order valence-electron chi connectivity index (χ1n) is 9.60. The second kappa shape index (κ2) is 10.5. The first-order chi connectivity index (χ1) is 15.4. The van der Waals surface area contributed by atoms with Gasteiger partial charge in [-0.25, -0.2) is 10.2 Å². The number of amides is 1. The Morgan fingerprint density at radius 3 is 2.53 bits per heavy atom. The fourth-order valence-electron chi connectivity index (χ4n) is 2.71. The summed E-state index contributed by atoms with van der Waals surface area (Å²) in [7, 11) is 0. The number of para-hydroxylation sites is 1. The van der Waals surface area contributed by atoms with Crippen molar-refractivity contribution in [1.29, 1.82) is 0 Å². The van der Waals surface area contributed by atoms with E-state index in [1.54, 1.807) is 24.3 Å². The second-order valence-corrected chi connectivity index (χ2v) is 6.73. The molecule has 0 heterocycles. The van der Waals surface area contributed by atoms with Crippen LogP contribution in [0.25, 0.3) is 0 Å². The van der Waals surface area contributed by atoms with Crippen molar-refractivity contribution in [3.63, 3.8) is 0 Å². The quantitative estimate of drug-likeness (QED) is 0.184. The number of carbonyl (C=O) groups excluding carboxylic acids is 2. The molecule has 0 aliphatic rings. The third kappa shape index (κ3) is 6.23. The summed E-state index contributed by atoms with van der Waals surface area (Å²) in [6, 6.07) is 19.3. The summed E-state index contributed by atoms with van der Waals surface area (Å²) < 4.78 is 5.30. The standard InChI is InChI=1S/C23H20N4O5/c1-16-5-2-3-8-21(16)24-15-22(28)26-25-14-17-6-4-7-20(13-17)32-23(29)18-9-11-19(12-10-18)27(30)31/h2-14,24H,15H2,1H3,(H,26,28)/b25-14+. The molecule has 9 heteroatoms. The van der Waals surface area contributed by atoms with Crippen molar-refractivity contribution in [2.45, 2.75) is 6.92 Å². The summed E-state index contributed by atoms with van der Waals surface area (Å²) >= 11 is 0. The number of anilines is 1. The zero-order valence-corrected chi connectivity index (χ0v) is 17.1. The number of nitrogens with zero attached hydrogens (tertiary/aromatic N) is 2. The van der Waals surface area contributed by atoms with Gasteiger partial charge in [0.25, 0.3) is 11.6 Å². The number of hydrogen-bond acceptors (Lipinski definition) is 7. The third-order valence-electron chi connectivity index (χ3n) is 4.37. The number of hydrogen-bond donors (Lipinski definition) is 2.